The van der Waals surface area contributed by atoms with Crippen molar-refractivity contribution in [3.8, 4) is 0 Å². The minimum Gasteiger partial charge on any atom is -0.320 e. The van der Waals surface area contributed by atoms with E-state index >= 15 is 0 Å². The van der Waals surface area contributed by atoms with E-state index in [1.54, 1.807) is 0 Å². The van der Waals surface area contributed by atoms with E-state index < -0.39 is 0 Å². The first-order chi connectivity index (χ1) is 7.15. The van der Waals surface area contributed by atoms with Gasteiger partial charge in [0, 0.05) is 5.02 Å². The molecular weight excluding hydrogens is 206 g/mol. The molecule has 1 unspecified atom stereocenters. The van der Waals surface area contributed by atoms with Crippen molar-refractivity contribution in [2.45, 2.75) is 26.2 Å². The Labute approximate surface area is 97.8 Å². The molecule has 1 aromatic rings. The van der Waals surface area contributed by atoms with Crippen LogP contribution < -0.4 is 5.32 Å². The molecule has 0 aliphatic rings. The second-order valence-corrected chi connectivity index (χ2v) is 4.73. The molecule has 1 atom stereocenters. The molecule has 1 aromatic carbocycles. The van der Waals surface area contributed by atoms with E-state index in [0.29, 0.717) is 11.8 Å². The van der Waals surface area contributed by atoms with E-state index in [2.05, 4.69) is 31.3 Å². The molecule has 0 aliphatic heterocycles. The van der Waals surface area contributed by atoms with Gasteiger partial charge in [0.15, 0.2) is 0 Å². The van der Waals surface area contributed by atoms with Crippen molar-refractivity contribution in [3.05, 3.63) is 34.9 Å². The van der Waals surface area contributed by atoms with Gasteiger partial charge in [-0.2, -0.15) is 0 Å². The Morgan fingerprint density at radius 3 is 2.60 bits per heavy atom. The lowest BCUT2D eigenvalue weighted by Crippen LogP contribution is -2.15. The van der Waals surface area contributed by atoms with E-state index in [4.69, 9.17) is 11.6 Å². The maximum atomic E-state index is 6.01. The van der Waals surface area contributed by atoms with Crippen molar-refractivity contribution >= 4 is 11.6 Å². The van der Waals surface area contributed by atoms with Gasteiger partial charge in [0.25, 0.3) is 0 Å². The zero-order chi connectivity index (χ0) is 11.3. The number of halogens is 1. The first-order valence-corrected chi connectivity index (χ1v) is 5.93. The highest BCUT2D eigenvalue weighted by Gasteiger charge is 2.15. The number of nitrogens with one attached hydrogen (secondary N) is 1. The number of rotatable bonds is 5. The maximum Gasteiger partial charge on any atom is 0.0408 e. The van der Waals surface area contributed by atoms with E-state index in [9.17, 15) is 0 Å². The summed E-state index contributed by atoms with van der Waals surface area (Å²) in [6.45, 7) is 5.58. The quantitative estimate of drug-likeness (QED) is 0.806. The van der Waals surface area contributed by atoms with Crippen molar-refractivity contribution in [3.63, 3.8) is 0 Å². The Morgan fingerprint density at radius 1 is 1.33 bits per heavy atom. The Bertz CT molecular complexity index is 296. The highest BCUT2D eigenvalue weighted by molar-refractivity contribution is 6.30. The van der Waals surface area contributed by atoms with Gasteiger partial charge in [-0.3, -0.25) is 0 Å². The SMILES string of the molecule is CNCCC(c1cccc(Cl)c1)C(C)C. The summed E-state index contributed by atoms with van der Waals surface area (Å²) in [6.07, 6.45) is 1.16. The van der Waals surface area contributed by atoms with Gasteiger partial charge in [0.2, 0.25) is 0 Å². The number of hydrogen-bond acceptors (Lipinski definition) is 1. The zero-order valence-electron chi connectivity index (χ0n) is 9.76. The predicted octanol–water partition coefficient (Wildman–Crippen LogP) is 3.69. The number of benzene rings is 1. The second kappa shape index (κ2) is 6.14. The average Bonchev–Trinajstić information content (AvgIpc) is 2.18. The molecule has 1 rings (SSSR count). The van der Waals surface area contributed by atoms with E-state index in [-0.39, 0.29) is 0 Å². The molecule has 1 nitrogen and oxygen atoms in total. The lowest BCUT2D eigenvalue weighted by atomic mass is 9.86. The van der Waals surface area contributed by atoms with Crippen molar-refractivity contribution in [2.24, 2.45) is 5.92 Å². The normalized spacial score (nSPS) is 13.1. The van der Waals surface area contributed by atoms with Gasteiger partial charge in [0.1, 0.15) is 0 Å². The monoisotopic (exact) mass is 225 g/mol. The van der Waals surface area contributed by atoms with Crippen LogP contribution in [0.1, 0.15) is 31.7 Å². The fourth-order valence-electron chi connectivity index (χ4n) is 1.92. The molecule has 84 valence electrons. The van der Waals surface area contributed by atoms with E-state index in [1.807, 2.05) is 19.2 Å². The van der Waals surface area contributed by atoms with Crippen molar-refractivity contribution in [1.82, 2.24) is 5.32 Å². The fraction of sp³-hybridized carbons (Fsp3) is 0.538. The molecular formula is C13H20ClN. The van der Waals surface area contributed by atoms with Gasteiger partial charge >= 0.3 is 0 Å². The van der Waals surface area contributed by atoms with Crippen LogP contribution in [0.25, 0.3) is 0 Å². The van der Waals surface area contributed by atoms with Crippen LogP contribution in [0.5, 0.6) is 0 Å². The summed E-state index contributed by atoms with van der Waals surface area (Å²) in [5, 5.41) is 4.04. The predicted molar refractivity (Wildman–Crippen MR) is 67.6 cm³/mol. The average molecular weight is 226 g/mol. The number of hydrogen-bond donors (Lipinski definition) is 1. The van der Waals surface area contributed by atoms with Crippen molar-refractivity contribution in [1.29, 1.82) is 0 Å². The molecule has 15 heavy (non-hydrogen) atoms. The van der Waals surface area contributed by atoms with Crippen LogP contribution in [0.15, 0.2) is 24.3 Å². The van der Waals surface area contributed by atoms with Gasteiger partial charge in [-0.05, 0) is 49.5 Å². The lowest BCUT2D eigenvalue weighted by molar-refractivity contribution is 0.461. The van der Waals surface area contributed by atoms with Crippen LogP contribution in [0.4, 0.5) is 0 Å². The molecule has 2 heteroatoms. The molecule has 0 bridgehead atoms. The molecule has 0 saturated carbocycles. The van der Waals surface area contributed by atoms with E-state index in [0.717, 1.165) is 18.0 Å². The highest BCUT2D eigenvalue weighted by atomic mass is 35.5. The van der Waals surface area contributed by atoms with Crippen molar-refractivity contribution in [2.75, 3.05) is 13.6 Å². The van der Waals surface area contributed by atoms with Crippen LogP contribution in [0.3, 0.4) is 0 Å². The lowest BCUT2D eigenvalue weighted by Gasteiger charge is -2.21. The van der Waals surface area contributed by atoms with Crippen LogP contribution in [0.2, 0.25) is 5.02 Å². The van der Waals surface area contributed by atoms with Gasteiger partial charge in [0.05, 0.1) is 0 Å². The molecule has 1 N–H and O–H groups in total. The maximum absolute atomic E-state index is 6.01. The van der Waals surface area contributed by atoms with Gasteiger partial charge in [-0.25, -0.2) is 0 Å². The van der Waals surface area contributed by atoms with E-state index in [1.165, 1.54) is 5.56 Å². The zero-order valence-corrected chi connectivity index (χ0v) is 10.5. The summed E-state index contributed by atoms with van der Waals surface area (Å²) < 4.78 is 0. The molecule has 0 aromatic heterocycles. The molecule has 0 saturated heterocycles. The summed E-state index contributed by atoms with van der Waals surface area (Å²) in [6, 6.07) is 8.22. The van der Waals surface area contributed by atoms with Crippen LogP contribution in [-0.2, 0) is 0 Å². The van der Waals surface area contributed by atoms with Crippen LogP contribution in [-0.4, -0.2) is 13.6 Å². The largest absolute Gasteiger partial charge is 0.320 e. The molecule has 0 aliphatic carbocycles. The fourth-order valence-corrected chi connectivity index (χ4v) is 2.12. The summed E-state index contributed by atoms with van der Waals surface area (Å²) in [4.78, 5) is 0. The third-order valence-electron chi connectivity index (χ3n) is 2.79. The Kier molecular flexibility index (Phi) is 5.13. The smallest absolute Gasteiger partial charge is 0.0408 e. The van der Waals surface area contributed by atoms with Crippen LogP contribution >= 0.6 is 11.6 Å². The third-order valence-corrected chi connectivity index (χ3v) is 3.02. The van der Waals surface area contributed by atoms with Crippen molar-refractivity contribution < 1.29 is 0 Å². The summed E-state index contributed by atoms with van der Waals surface area (Å²) >= 11 is 6.01. The van der Waals surface area contributed by atoms with Gasteiger partial charge < -0.3 is 5.32 Å². The Balaban J connectivity index is 2.79. The summed E-state index contributed by atoms with van der Waals surface area (Å²) in [5.74, 6) is 1.24. The first kappa shape index (κ1) is 12.5. The molecule has 0 radical (unpaired) electrons. The third kappa shape index (κ3) is 3.84. The second-order valence-electron chi connectivity index (χ2n) is 4.30. The van der Waals surface area contributed by atoms with Gasteiger partial charge in [-0.1, -0.05) is 37.6 Å². The Hall–Kier alpha value is -0.530. The Morgan fingerprint density at radius 2 is 2.07 bits per heavy atom. The highest BCUT2D eigenvalue weighted by Crippen LogP contribution is 2.28. The minimum absolute atomic E-state index is 0.594. The minimum atomic E-state index is 0.594. The van der Waals surface area contributed by atoms with Crippen LogP contribution in [0, 0.1) is 5.92 Å². The van der Waals surface area contributed by atoms with Gasteiger partial charge in [-0.15, -0.1) is 0 Å². The topological polar surface area (TPSA) is 12.0 Å². The molecule has 0 fully saturated rings. The summed E-state index contributed by atoms with van der Waals surface area (Å²) in [7, 11) is 2.00. The summed E-state index contributed by atoms with van der Waals surface area (Å²) in [5.41, 5.74) is 1.35. The molecule has 0 heterocycles. The standard InChI is InChI=1S/C13H20ClN/c1-10(2)13(7-8-15-3)11-5-4-6-12(14)9-11/h4-6,9-10,13,15H,7-8H2,1-3H3. The molecule has 0 spiro atoms. The first-order valence-electron chi connectivity index (χ1n) is 5.55. The molecule has 0 amide bonds.